The fourth-order valence-electron chi connectivity index (χ4n) is 2.13. The van der Waals surface area contributed by atoms with Crippen molar-refractivity contribution < 1.29 is 9.59 Å². The average molecular weight is 271 g/mol. The number of carbonyl (C=O) groups is 2. The van der Waals surface area contributed by atoms with Gasteiger partial charge in [0.15, 0.2) is 0 Å². The summed E-state index contributed by atoms with van der Waals surface area (Å²) in [6, 6.07) is 0. The standard InChI is InChI=1S/C14H29N3O2/c1-5-17(6-2)14(19)10-16-13(18)8-12(9-15)7-11(3)4/h11-12H,5-10,15H2,1-4H3,(H,16,18). The topological polar surface area (TPSA) is 75.4 Å². The van der Waals surface area contributed by atoms with Crippen LogP contribution in [-0.4, -0.2) is 42.9 Å². The van der Waals surface area contributed by atoms with Crippen molar-refractivity contribution >= 4 is 11.8 Å². The lowest BCUT2D eigenvalue weighted by atomic mass is 9.94. The predicted molar refractivity (Wildman–Crippen MR) is 77.6 cm³/mol. The van der Waals surface area contributed by atoms with E-state index in [2.05, 4.69) is 19.2 Å². The van der Waals surface area contributed by atoms with Crippen LogP contribution in [0.4, 0.5) is 0 Å². The highest BCUT2D eigenvalue weighted by atomic mass is 16.2. The second-order valence-corrected chi connectivity index (χ2v) is 5.28. The largest absolute Gasteiger partial charge is 0.347 e. The highest BCUT2D eigenvalue weighted by Crippen LogP contribution is 2.13. The lowest BCUT2D eigenvalue weighted by Gasteiger charge is -2.20. The summed E-state index contributed by atoms with van der Waals surface area (Å²) < 4.78 is 0. The Labute approximate surface area is 116 Å². The zero-order valence-corrected chi connectivity index (χ0v) is 12.7. The summed E-state index contributed by atoms with van der Waals surface area (Å²) in [5.74, 6) is 0.602. The van der Waals surface area contributed by atoms with E-state index in [1.165, 1.54) is 0 Å². The number of rotatable bonds is 9. The van der Waals surface area contributed by atoms with Crippen LogP contribution in [0, 0.1) is 11.8 Å². The Morgan fingerprint density at radius 1 is 1.21 bits per heavy atom. The first-order chi connectivity index (χ1) is 8.94. The molecule has 1 unspecified atom stereocenters. The van der Waals surface area contributed by atoms with Gasteiger partial charge in [-0.1, -0.05) is 13.8 Å². The van der Waals surface area contributed by atoms with Crippen molar-refractivity contribution in [2.24, 2.45) is 17.6 Å². The highest BCUT2D eigenvalue weighted by molar-refractivity contribution is 5.84. The molecule has 0 aliphatic carbocycles. The van der Waals surface area contributed by atoms with E-state index in [0.29, 0.717) is 32.0 Å². The minimum absolute atomic E-state index is 0.0356. The van der Waals surface area contributed by atoms with E-state index in [1.54, 1.807) is 4.90 Å². The SMILES string of the molecule is CCN(CC)C(=O)CNC(=O)CC(CN)CC(C)C. The Hall–Kier alpha value is -1.10. The number of likely N-dealkylation sites (N-methyl/N-ethyl adjacent to an activating group) is 1. The maximum Gasteiger partial charge on any atom is 0.241 e. The van der Waals surface area contributed by atoms with Crippen molar-refractivity contribution in [2.75, 3.05) is 26.2 Å². The van der Waals surface area contributed by atoms with Crippen LogP contribution in [-0.2, 0) is 9.59 Å². The van der Waals surface area contributed by atoms with E-state index >= 15 is 0 Å². The van der Waals surface area contributed by atoms with Gasteiger partial charge in [-0.15, -0.1) is 0 Å². The lowest BCUT2D eigenvalue weighted by Crippen LogP contribution is -2.40. The minimum atomic E-state index is -0.0865. The van der Waals surface area contributed by atoms with Gasteiger partial charge >= 0.3 is 0 Å². The summed E-state index contributed by atoms with van der Waals surface area (Å²) >= 11 is 0. The summed E-state index contributed by atoms with van der Waals surface area (Å²) in [7, 11) is 0. The maximum absolute atomic E-state index is 11.8. The van der Waals surface area contributed by atoms with Crippen LogP contribution < -0.4 is 11.1 Å². The Kier molecular flexibility index (Phi) is 9.21. The van der Waals surface area contributed by atoms with E-state index < -0.39 is 0 Å². The van der Waals surface area contributed by atoms with Crippen molar-refractivity contribution in [1.29, 1.82) is 0 Å². The molecule has 0 radical (unpaired) electrons. The van der Waals surface area contributed by atoms with Crippen LogP contribution in [0.5, 0.6) is 0 Å². The average Bonchev–Trinajstić information content (AvgIpc) is 2.36. The summed E-state index contributed by atoms with van der Waals surface area (Å²) in [6.45, 7) is 10.0. The fourth-order valence-corrected chi connectivity index (χ4v) is 2.13. The van der Waals surface area contributed by atoms with E-state index in [0.717, 1.165) is 6.42 Å². The monoisotopic (exact) mass is 271 g/mol. The van der Waals surface area contributed by atoms with E-state index in [4.69, 9.17) is 5.73 Å². The molecule has 0 aromatic heterocycles. The highest BCUT2D eigenvalue weighted by Gasteiger charge is 2.15. The molecule has 0 aromatic rings. The summed E-state index contributed by atoms with van der Waals surface area (Å²) in [5.41, 5.74) is 5.66. The molecule has 0 saturated carbocycles. The smallest absolute Gasteiger partial charge is 0.241 e. The summed E-state index contributed by atoms with van der Waals surface area (Å²) in [4.78, 5) is 25.2. The third-order valence-corrected chi connectivity index (χ3v) is 3.17. The fraction of sp³-hybridized carbons (Fsp3) is 0.857. The molecule has 0 rings (SSSR count). The first-order valence-corrected chi connectivity index (χ1v) is 7.19. The number of hydrogen-bond donors (Lipinski definition) is 2. The Morgan fingerprint density at radius 2 is 1.79 bits per heavy atom. The third-order valence-electron chi connectivity index (χ3n) is 3.17. The van der Waals surface area contributed by atoms with E-state index in [9.17, 15) is 9.59 Å². The van der Waals surface area contributed by atoms with Crippen LogP contribution >= 0.6 is 0 Å². The molecule has 0 aromatic carbocycles. The zero-order valence-electron chi connectivity index (χ0n) is 12.7. The lowest BCUT2D eigenvalue weighted by molar-refractivity contribution is -0.132. The molecular formula is C14H29N3O2. The van der Waals surface area contributed by atoms with Crippen molar-refractivity contribution in [2.45, 2.75) is 40.5 Å². The van der Waals surface area contributed by atoms with Gasteiger partial charge in [0.05, 0.1) is 6.54 Å². The molecule has 0 saturated heterocycles. The number of amides is 2. The molecular weight excluding hydrogens is 242 g/mol. The molecule has 0 aliphatic heterocycles. The molecule has 0 fully saturated rings. The zero-order chi connectivity index (χ0) is 14.8. The van der Waals surface area contributed by atoms with Crippen molar-refractivity contribution in [3.8, 4) is 0 Å². The van der Waals surface area contributed by atoms with E-state index in [-0.39, 0.29) is 24.3 Å². The number of nitrogens with zero attached hydrogens (tertiary/aromatic N) is 1. The van der Waals surface area contributed by atoms with Crippen molar-refractivity contribution in [1.82, 2.24) is 10.2 Å². The number of carbonyl (C=O) groups excluding carboxylic acids is 2. The molecule has 1 atom stereocenters. The first-order valence-electron chi connectivity index (χ1n) is 7.19. The van der Waals surface area contributed by atoms with Gasteiger partial charge in [-0.2, -0.15) is 0 Å². The van der Waals surface area contributed by atoms with Crippen LogP contribution in [0.2, 0.25) is 0 Å². The molecule has 3 N–H and O–H groups in total. The molecule has 5 nitrogen and oxygen atoms in total. The quantitative estimate of drug-likeness (QED) is 0.656. The third kappa shape index (κ3) is 7.82. The van der Waals surface area contributed by atoms with Gasteiger partial charge in [-0.25, -0.2) is 0 Å². The molecule has 0 bridgehead atoms. The molecule has 19 heavy (non-hydrogen) atoms. The van der Waals surface area contributed by atoms with Gasteiger partial charge in [-0.3, -0.25) is 9.59 Å². The summed E-state index contributed by atoms with van der Waals surface area (Å²) in [5, 5.41) is 2.68. The van der Waals surface area contributed by atoms with E-state index in [1.807, 2.05) is 13.8 Å². The van der Waals surface area contributed by atoms with Crippen molar-refractivity contribution in [3.05, 3.63) is 0 Å². The normalized spacial score (nSPS) is 12.3. The first kappa shape index (κ1) is 17.9. The van der Waals surface area contributed by atoms with Gasteiger partial charge in [-0.05, 0) is 38.6 Å². The molecule has 0 heterocycles. The Bertz CT molecular complexity index is 276. The van der Waals surface area contributed by atoms with Gasteiger partial charge in [0.25, 0.3) is 0 Å². The Morgan fingerprint density at radius 3 is 2.21 bits per heavy atom. The van der Waals surface area contributed by atoms with Crippen LogP contribution in [0.25, 0.3) is 0 Å². The minimum Gasteiger partial charge on any atom is -0.347 e. The van der Waals surface area contributed by atoms with Gasteiger partial charge in [0.1, 0.15) is 0 Å². The number of hydrogen-bond acceptors (Lipinski definition) is 3. The number of nitrogens with two attached hydrogens (primary N) is 1. The predicted octanol–water partition coefficient (Wildman–Crippen LogP) is 0.982. The second kappa shape index (κ2) is 9.78. The number of nitrogens with one attached hydrogen (secondary N) is 1. The van der Waals surface area contributed by atoms with Gasteiger partial charge in [0, 0.05) is 19.5 Å². The maximum atomic E-state index is 11.8. The molecule has 112 valence electrons. The van der Waals surface area contributed by atoms with Gasteiger partial charge < -0.3 is 16.0 Å². The second-order valence-electron chi connectivity index (χ2n) is 5.28. The summed E-state index contributed by atoms with van der Waals surface area (Å²) in [6.07, 6.45) is 1.34. The molecule has 0 spiro atoms. The van der Waals surface area contributed by atoms with Crippen LogP contribution in [0.1, 0.15) is 40.5 Å². The van der Waals surface area contributed by atoms with Crippen LogP contribution in [0.3, 0.4) is 0 Å². The molecule has 2 amide bonds. The molecule has 5 heteroatoms. The van der Waals surface area contributed by atoms with Crippen molar-refractivity contribution in [3.63, 3.8) is 0 Å². The van der Waals surface area contributed by atoms with Crippen LogP contribution in [0.15, 0.2) is 0 Å². The molecule has 0 aliphatic rings. The van der Waals surface area contributed by atoms with Gasteiger partial charge in [0.2, 0.25) is 11.8 Å². The Balaban J connectivity index is 4.06.